The molecule has 0 aromatic heterocycles. The molecule has 5 aliphatic rings. The molecule has 0 bridgehead atoms. The molecule has 0 radical (unpaired) electrons. The van der Waals surface area contributed by atoms with Crippen LogP contribution in [0.4, 0.5) is 0 Å². The number of fused-ring (bicyclic) bond motifs is 7. The third kappa shape index (κ3) is 3.72. The average Bonchev–Trinajstić information content (AvgIpc) is 2.79. The highest BCUT2D eigenvalue weighted by Gasteiger charge is 2.60. The normalized spacial score (nSPS) is 40.7. The number of amides is 1. The number of rotatable bonds is 1. The number of carbonyl (C=O) groups excluding carboxylic acids is 2. The van der Waals surface area contributed by atoms with Gasteiger partial charge in [-0.05, 0) is 91.3 Å². The van der Waals surface area contributed by atoms with E-state index in [1.165, 1.54) is 43.4 Å². The molecule has 1 N–H and O–H groups in total. The quantitative estimate of drug-likeness (QED) is 0.446. The average molecular weight is 466 g/mol. The maximum absolute atomic E-state index is 12.5. The Labute approximate surface area is 205 Å². The summed E-state index contributed by atoms with van der Waals surface area (Å²) in [7, 11) is 3.38. The van der Waals surface area contributed by atoms with Crippen LogP contribution in [0.15, 0.2) is 46.3 Å². The minimum atomic E-state index is -0.221. The molecule has 0 aromatic rings. The van der Waals surface area contributed by atoms with Crippen molar-refractivity contribution in [2.75, 3.05) is 14.1 Å². The van der Waals surface area contributed by atoms with Gasteiger partial charge in [-0.2, -0.15) is 0 Å². The fourth-order valence-electron chi connectivity index (χ4n) is 8.08. The smallest absolute Gasteiger partial charge is 0.220 e. The number of allylic oxidation sites excluding steroid dienone is 7. The topological polar surface area (TPSA) is 57.6 Å². The summed E-state index contributed by atoms with van der Waals surface area (Å²) in [6.45, 7) is 11.8. The predicted octanol–water partition coefficient (Wildman–Crippen LogP) is 6.56. The highest BCUT2D eigenvalue weighted by Crippen LogP contribution is 2.69. The third-order valence-electron chi connectivity index (χ3n) is 10.2. The summed E-state index contributed by atoms with van der Waals surface area (Å²) in [4.78, 5) is 23.3. The van der Waals surface area contributed by atoms with Crippen molar-refractivity contribution in [1.29, 1.82) is 0 Å². The molecule has 34 heavy (non-hydrogen) atoms. The number of hydrogen-bond acceptors (Lipinski definition) is 3. The highest BCUT2D eigenvalue weighted by molar-refractivity contribution is 6.06. The second kappa shape index (κ2) is 8.53. The van der Waals surface area contributed by atoms with Crippen molar-refractivity contribution in [2.24, 2.45) is 34.0 Å². The molecule has 186 valence electrons. The van der Waals surface area contributed by atoms with Crippen LogP contribution < -0.4 is 0 Å². The number of hydrogen-bond donors (Lipinski definition) is 1. The van der Waals surface area contributed by atoms with E-state index in [1.807, 2.05) is 6.92 Å². The van der Waals surface area contributed by atoms with E-state index in [2.05, 4.69) is 39.8 Å². The molecular weight excluding hydrogens is 422 g/mol. The number of carbonyl (C=O) groups is 2. The fourth-order valence-corrected chi connectivity index (χ4v) is 8.08. The van der Waals surface area contributed by atoms with Crippen LogP contribution in [0, 0.1) is 34.0 Å². The molecule has 0 aromatic carbocycles. The van der Waals surface area contributed by atoms with Crippen LogP contribution in [0.1, 0.15) is 79.6 Å². The Balaban J connectivity index is 0.000000499. The molecule has 1 amide bonds. The predicted molar refractivity (Wildman–Crippen MR) is 137 cm³/mol. The Hall–Kier alpha value is -2.10. The van der Waals surface area contributed by atoms with Crippen LogP contribution in [0.3, 0.4) is 0 Å². The summed E-state index contributed by atoms with van der Waals surface area (Å²) in [5.41, 5.74) is 5.18. The second-order valence-electron chi connectivity index (χ2n) is 12.7. The van der Waals surface area contributed by atoms with Crippen LogP contribution in [-0.2, 0) is 9.59 Å². The maximum atomic E-state index is 12.5. The van der Waals surface area contributed by atoms with E-state index in [9.17, 15) is 14.7 Å². The van der Waals surface area contributed by atoms with Crippen LogP contribution in [0.5, 0.6) is 0 Å². The third-order valence-corrected chi connectivity index (χ3v) is 10.2. The zero-order valence-corrected chi connectivity index (χ0v) is 22.2. The minimum absolute atomic E-state index is 0.0787. The number of nitrogens with zero attached hydrogens (tertiary/aromatic N) is 1. The van der Waals surface area contributed by atoms with Crippen LogP contribution in [-0.4, -0.2) is 36.3 Å². The Bertz CT molecular complexity index is 1010. The summed E-state index contributed by atoms with van der Waals surface area (Å²) in [5.74, 6) is 2.13. The SMILES string of the molecule is CC1=C(O)C(=O)C=C2C1=CC=C1C2(C)CCC2C3CC(C)CCC3(C)CCC12C.CN(C)C=O. The summed E-state index contributed by atoms with van der Waals surface area (Å²) in [5, 5.41) is 10.2. The van der Waals surface area contributed by atoms with Crippen molar-refractivity contribution in [3.63, 3.8) is 0 Å². The zero-order valence-electron chi connectivity index (χ0n) is 22.2. The lowest BCUT2D eigenvalue weighted by Crippen LogP contribution is -2.55. The van der Waals surface area contributed by atoms with Gasteiger partial charge in [-0.25, -0.2) is 0 Å². The molecule has 0 spiro atoms. The summed E-state index contributed by atoms with van der Waals surface area (Å²) >= 11 is 0. The first-order valence-electron chi connectivity index (χ1n) is 13.1. The van der Waals surface area contributed by atoms with Crippen molar-refractivity contribution in [3.05, 3.63) is 46.3 Å². The zero-order chi connectivity index (χ0) is 25.1. The molecule has 6 atom stereocenters. The summed E-state index contributed by atoms with van der Waals surface area (Å²) in [6.07, 6.45) is 16.2. The van der Waals surface area contributed by atoms with Gasteiger partial charge in [0.2, 0.25) is 12.2 Å². The summed E-state index contributed by atoms with van der Waals surface area (Å²) in [6, 6.07) is 0. The van der Waals surface area contributed by atoms with Gasteiger partial charge in [0, 0.05) is 25.1 Å². The molecule has 0 heterocycles. The van der Waals surface area contributed by atoms with Gasteiger partial charge in [0.05, 0.1) is 0 Å². The van der Waals surface area contributed by atoms with E-state index in [0.717, 1.165) is 47.3 Å². The van der Waals surface area contributed by atoms with Crippen molar-refractivity contribution >= 4 is 12.2 Å². The molecule has 0 saturated heterocycles. The van der Waals surface area contributed by atoms with Gasteiger partial charge >= 0.3 is 0 Å². The fraction of sp³-hybridized carbons (Fsp3) is 0.667. The van der Waals surface area contributed by atoms with Gasteiger partial charge < -0.3 is 10.0 Å². The molecule has 3 saturated carbocycles. The van der Waals surface area contributed by atoms with Gasteiger partial charge in [0.1, 0.15) is 0 Å². The van der Waals surface area contributed by atoms with E-state index in [1.54, 1.807) is 25.7 Å². The van der Waals surface area contributed by atoms with E-state index >= 15 is 0 Å². The number of ketones is 1. The van der Waals surface area contributed by atoms with E-state index in [0.29, 0.717) is 5.41 Å². The van der Waals surface area contributed by atoms with E-state index < -0.39 is 0 Å². The van der Waals surface area contributed by atoms with Gasteiger partial charge in [0.15, 0.2) is 5.76 Å². The molecule has 5 aliphatic carbocycles. The van der Waals surface area contributed by atoms with Crippen molar-refractivity contribution in [2.45, 2.75) is 79.6 Å². The number of aliphatic hydroxyl groups excluding tert-OH is 1. The van der Waals surface area contributed by atoms with Crippen LogP contribution >= 0.6 is 0 Å². The maximum Gasteiger partial charge on any atom is 0.220 e. The van der Waals surface area contributed by atoms with Gasteiger partial charge in [-0.1, -0.05) is 51.8 Å². The molecule has 0 aliphatic heterocycles. The molecular formula is C30H43NO3. The lowest BCUT2D eigenvalue weighted by atomic mass is 9.40. The minimum Gasteiger partial charge on any atom is -0.504 e. The standard InChI is InChI=1S/C27H36O2.C3H7NO/c1-16-8-10-25(3)12-13-27(5)19(21(25)14-16)9-11-26(4)20-15-22(28)24(29)17(2)18(20)6-7-23(26)27;1-4(2)3-5/h6-7,15-16,19,21,29H,8-14H2,1-5H3;3H,1-2H3. The summed E-state index contributed by atoms with van der Waals surface area (Å²) < 4.78 is 0. The van der Waals surface area contributed by atoms with Crippen molar-refractivity contribution < 1.29 is 14.7 Å². The van der Waals surface area contributed by atoms with Crippen LogP contribution in [0.25, 0.3) is 0 Å². The Morgan fingerprint density at radius 2 is 1.71 bits per heavy atom. The van der Waals surface area contributed by atoms with E-state index in [-0.39, 0.29) is 22.4 Å². The molecule has 6 unspecified atom stereocenters. The van der Waals surface area contributed by atoms with Gasteiger partial charge in [-0.3, -0.25) is 9.59 Å². The second-order valence-corrected chi connectivity index (χ2v) is 12.7. The lowest BCUT2D eigenvalue weighted by Gasteiger charge is -2.64. The number of aliphatic hydroxyl groups is 1. The Morgan fingerprint density at radius 1 is 1.03 bits per heavy atom. The van der Waals surface area contributed by atoms with E-state index in [4.69, 9.17) is 0 Å². The highest BCUT2D eigenvalue weighted by atomic mass is 16.3. The van der Waals surface area contributed by atoms with Crippen molar-refractivity contribution in [3.8, 4) is 0 Å². The monoisotopic (exact) mass is 465 g/mol. The largest absolute Gasteiger partial charge is 0.504 e. The lowest BCUT2D eigenvalue weighted by molar-refractivity contribution is -0.116. The Morgan fingerprint density at radius 3 is 2.35 bits per heavy atom. The molecule has 4 heteroatoms. The first-order chi connectivity index (χ1) is 15.9. The van der Waals surface area contributed by atoms with Gasteiger partial charge in [-0.15, -0.1) is 0 Å². The van der Waals surface area contributed by atoms with Crippen molar-refractivity contribution in [1.82, 2.24) is 4.90 Å². The molecule has 3 fully saturated rings. The molecule has 4 nitrogen and oxygen atoms in total. The first-order valence-corrected chi connectivity index (χ1v) is 13.1. The Kier molecular flexibility index (Phi) is 6.28. The van der Waals surface area contributed by atoms with Crippen LogP contribution in [0.2, 0.25) is 0 Å². The van der Waals surface area contributed by atoms with Gasteiger partial charge in [0.25, 0.3) is 0 Å². The molecule has 5 rings (SSSR count). The first kappa shape index (κ1) is 25.0.